The first kappa shape index (κ1) is 42.3. The second-order valence-corrected chi connectivity index (χ2v) is 11.1. The fraction of sp³-hybridized carbons (Fsp3) is 0.939. The molecule has 4 N–H and O–H groups in total. The number of hydrogen-bond donors (Lipinski definition) is 4. The molecule has 0 heterocycles. The molecule has 0 aliphatic carbocycles. The summed E-state index contributed by atoms with van der Waals surface area (Å²) in [6, 6.07) is 0. The Morgan fingerprint density at radius 1 is 0.462 bits per heavy atom. The first-order valence-corrected chi connectivity index (χ1v) is 16.5. The zero-order chi connectivity index (χ0) is 29.8. The van der Waals surface area contributed by atoms with Crippen LogP contribution in [0.25, 0.3) is 0 Å². The van der Waals surface area contributed by atoms with Crippen LogP contribution in [-0.4, -0.2) is 45.1 Å². The van der Waals surface area contributed by atoms with Crippen LogP contribution in [0.15, 0.2) is 0 Å². The molecule has 0 saturated carbocycles. The first-order chi connectivity index (χ1) is 18.8. The first-order valence-electron chi connectivity index (χ1n) is 16.5. The zero-order valence-electron chi connectivity index (χ0n) is 26.3. The minimum absolute atomic E-state index is 0.139. The van der Waals surface area contributed by atoms with Gasteiger partial charge in [0, 0.05) is 12.8 Å². The smallest absolute Gasteiger partial charge is 0.303 e. The second-order valence-electron chi connectivity index (χ2n) is 11.1. The molecule has 0 aromatic rings. The van der Waals surface area contributed by atoms with Crippen molar-refractivity contribution in [3.8, 4) is 0 Å². The summed E-state index contributed by atoms with van der Waals surface area (Å²) in [7, 11) is 0. The second kappa shape index (κ2) is 39.0. The highest BCUT2D eigenvalue weighted by Crippen LogP contribution is 2.13. The minimum Gasteiger partial charge on any atom is -0.481 e. The van der Waals surface area contributed by atoms with Crippen LogP contribution >= 0.6 is 0 Å². The quantitative estimate of drug-likeness (QED) is 0.0743. The maximum absolute atomic E-state index is 10.3. The molecule has 0 aromatic heterocycles. The van der Waals surface area contributed by atoms with Gasteiger partial charge in [-0.1, -0.05) is 155 Å². The van der Waals surface area contributed by atoms with Gasteiger partial charge in [-0.3, -0.25) is 9.59 Å². The van der Waals surface area contributed by atoms with Gasteiger partial charge in [0.15, 0.2) is 0 Å². The van der Waals surface area contributed by atoms with Crippen molar-refractivity contribution in [2.24, 2.45) is 0 Å². The molecular formula is C33H68O6. The van der Waals surface area contributed by atoms with E-state index in [2.05, 4.69) is 13.8 Å². The lowest BCUT2D eigenvalue weighted by Crippen LogP contribution is -2.03. The van der Waals surface area contributed by atoms with Crippen LogP contribution in [-0.2, 0) is 9.59 Å². The van der Waals surface area contributed by atoms with Crippen LogP contribution in [0.2, 0.25) is 0 Å². The summed E-state index contributed by atoms with van der Waals surface area (Å²) in [4.78, 5) is 20.6. The normalized spacial score (nSPS) is 11.2. The van der Waals surface area contributed by atoms with Crippen molar-refractivity contribution in [3.63, 3.8) is 0 Å². The van der Waals surface area contributed by atoms with E-state index >= 15 is 0 Å². The minimum atomic E-state index is -0.655. The number of rotatable bonds is 27. The van der Waals surface area contributed by atoms with Gasteiger partial charge in [0.25, 0.3) is 0 Å². The van der Waals surface area contributed by atoms with Crippen LogP contribution in [0.5, 0.6) is 0 Å². The van der Waals surface area contributed by atoms with Gasteiger partial charge in [0.2, 0.25) is 0 Å². The number of aliphatic carboxylic acids is 2. The fourth-order valence-corrected chi connectivity index (χ4v) is 4.23. The lowest BCUT2D eigenvalue weighted by molar-refractivity contribution is -0.138. The molecule has 6 nitrogen and oxygen atoms in total. The van der Waals surface area contributed by atoms with E-state index in [-0.39, 0.29) is 6.61 Å². The molecule has 6 heteroatoms. The highest BCUT2D eigenvalue weighted by Gasteiger charge is 1.98. The Labute approximate surface area is 242 Å². The molecule has 39 heavy (non-hydrogen) atoms. The predicted molar refractivity (Wildman–Crippen MR) is 165 cm³/mol. The summed E-state index contributed by atoms with van der Waals surface area (Å²) in [5.74, 6) is -1.31. The number of aliphatic hydroxyl groups is 2. The summed E-state index contributed by atoms with van der Waals surface area (Å²) in [6.07, 6.45) is 31.1. The van der Waals surface area contributed by atoms with Gasteiger partial charge in [-0.25, -0.2) is 0 Å². The van der Waals surface area contributed by atoms with Crippen LogP contribution in [0.3, 0.4) is 0 Å². The molecule has 0 aliphatic heterocycles. The molecule has 1 unspecified atom stereocenters. The highest BCUT2D eigenvalue weighted by atomic mass is 16.4. The van der Waals surface area contributed by atoms with Gasteiger partial charge in [0.1, 0.15) is 0 Å². The van der Waals surface area contributed by atoms with Crippen LogP contribution in [0.1, 0.15) is 188 Å². The van der Waals surface area contributed by atoms with E-state index in [4.69, 9.17) is 20.4 Å². The topological polar surface area (TPSA) is 115 Å². The number of unbranched alkanes of at least 4 members (excludes halogenated alkanes) is 22. The van der Waals surface area contributed by atoms with Crippen molar-refractivity contribution in [2.75, 3.05) is 6.61 Å². The average Bonchev–Trinajstić information content (AvgIpc) is 2.90. The van der Waals surface area contributed by atoms with Crippen LogP contribution < -0.4 is 0 Å². The monoisotopic (exact) mass is 561 g/mol. The third kappa shape index (κ3) is 53.8. The van der Waals surface area contributed by atoms with Gasteiger partial charge >= 0.3 is 11.9 Å². The van der Waals surface area contributed by atoms with E-state index in [0.717, 1.165) is 25.7 Å². The van der Waals surface area contributed by atoms with Crippen molar-refractivity contribution in [2.45, 2.75) is 194 Å². The molecule has 0 radical (unpaired) electrons. The molecule has 0 aliphatic rings. The van der Waals surface area contributed by atoms with E-state index in [1.54, 1.807) is 0 Å². The summed E-state index contributed by atoms with van der Waals surface area (Å²) in [5, 5.41) is 33.0. The van der Waals surface area contributed by atoms with Crippen molar-refractivity contribution in [3.05, 3.63) is 0 Å². The molecule has 0 aromatic carbocycles. The Hall–Kier alpha value is -1.14. The number of hydrogen-bond acceptors (Lipinski definition) is 4. The molecule has 1 atom stereocenters. The molecular weight excluding hydrogens is 492 g/mol. The molecule has 0 spiro atoms. The largest absolute Gasteiger partial charge is 0.481 e. The highest BCUT2D eigenvalue weighted by molar-refractivity contribution is 5.66. The Kier molecular flexibility index (Phi) is 42.3. The number of aliphatic hydroxyl groups excluding tert-OH is 2. The van der Waals surface area contributed by atoms with Crippen molar-refractivity contribution >= 4 is 11.9 Å². The lowest BCUT2D eigenvalue weighted by Gasteiger charge is -2.02. The Morgan fingerprint density at radius 3 is 0.795 bits per heavy atom. The summed E-state index contributed by atoms with van der Waals surface area (Å²) in [6.45, 7) is 5.90. The van der Waals surface area contributed by atoms with E-state index < -0.39 is 18.0 Å². The maximum atomic E-state index is 10.3. The lowest BCUT2D eigenvalue weighted by atomic mass is 10.0. The summed E-state index contributed by atoms with van der Waals surface area (Å²) < 4.78 is 0. The zero-order valence-corrected chi connectivity index (χ0v) is 26.3. The molecule has 0 amide bonds. The van der Waals surface area contributed by atoms with Gasteiger partial charge in [-0.05, 0) is 19.8 Å². The van der Waals surface area contributed by atoms with Gasteiger partial charge < -0.3 is 20.4 Å². The molecule has 236 valence electrons. The molecule has 0 bridgehead atoms. The standard InChI is InChI=1S/2C15H30O2.C3H8O2/c2*1-2-3-4-5-6-7-8-9-10-11-12-13-14-15(16)17;1-3(5)2-4/h2*2-14H2,1H3,(H,16,17);3-5H,2H2,1H3. The van der Waals surface area contributed by atoms with Crippen molar-refractivity contribution in [1.29, 1.82) is 0 Å². The molecule has 0 fully saturated rings. The van der Waals surface area contributed by atoms with Crippen molar-refractivity contribution in [1.82, 2.24) is 0 Å². The van der Waals surface area contributed by atoms with E-state index in [0.29, 0.717) is 12.8 Å². The van der Waals surface area contributed by atoms with E-state index in [9.17, 15) is 9.59 Å². The Morgan fingerprint density at radius 2 is 0.641 bits per heavy atom. The third-order valence-electron chi connectivity index (χ3n) is 6.75. The van der Waals surface area contributed by atoms with E-state index in [1.807, 2.05) is 0 Å². The Bertz CT molecular complexity index is 429. The number of carboxylic acid groups (broad SMARTS) is 2. The maximum Gasteiger partial charge on any atom is 0.303 e. The average molecular weight is 561 g/mol. The fourth-order valence-electron chi connectivity index (χ4n) is 4.23. The SMILES string of the molecule is CC(O)CO.CCCCCCCCCCCCCCC(=O)O.CCCCCCCCCCCCCCC(=O)O. The third-order valence-corrected chi connectivity index (χ3v) is 6.75. The van der Waals surface area contributed by atoms with E-state index in [1.165, 1.54) is 135 Å². The van der Waals surface area contributed by atoms with Gasteiger partial charge in [-0.2, -0.15) is 0 Å². The van der Waals surface area contributed by atoms with Crippen molar-refractivity contribution < 1.29 is 30.0 Å². The van der Waals surface area contributed by atoms with Gasteiger partial charge in [0.05, 0.1) is 12.7 Å². The molecule has 0 rings (SSSR count). The van der Waals surface area contributed by atoms with Crippen LogP contribution in [0.4, 0.5) is 0 Å². The van der Waals surface area contributed by atoms with Gasteiger partial charge in [-0.15, -0.1) is 0 Å². The predicted octanol–water partition coefficient (Wildman–Crippen LogP) is 9.68. The Balaban J connectivity index is -0.000000566. The van der Waals surface area contributed by atoms with Crippen LogP contribution in [0, 0.1) is 0 Å². The molecule has 0 saturated heterocycles. The number of carbonyl (C=O) groups is 2. The number of carboxylic acids is 2. The summed E-state index contributed by atoms with van der Waals surface area (Å²) >= 11 is 0. The summed E-state index contributed by atoms with van der Waals surface area (Å²) in [5.41, 5.74) is 0.